The van der Waals surface area contributed by atoms with Crippen LogP contribution in [-0.4, -0.2) is 12.5 Å². The molecular formula is C14H17NO. The van der Waals surface area contributed by atoms with E-state index in [4.69, 9.17) is 0 Å². The van der Waals surface area contributed by atoms with Crippen molar-refractivity contribution in [3.63, 3.8) is 0 Å². The van der Waals surface area contributed by atoms with Gasteiger partial charge in [0, 0.05) is 24.6 Å². The number of carbonyl (C=O) groups excluding carboxylic acids is 1. The maximum atomic E-state index is 11.6. The molecule has 0 radical (unpaired) electrons. The van der Waals surface area contributed by atoms with Crippen molar-refractivity contribution in [1.82, 2.24) is 0 Å². The predicted octanol–water partition coefficient (Wildman–Crippen LogP) is 2.65. The molecule has 84 valence electrons. The van der Waals surface area contributed by atoms with Gasteiger partial charge in [0.15, 0.2) is 0 Å². The molecule has 1 aliphatic heterocycles. The van der Waals surface area contributed by atoms with Gasteiger partial charge in [0.2, 0.25) is 5.91 Å². The zero-order valence-electron chi connectivity index (χ0n) is 9.92. The third-order valence-electron chi connectivity index (χ3n) is 4.03. The third-order valence-corrected chi connectivity index (χ3v) is 4.03. The number of anilines is 1. The number of benzene rings is 1. The fraction of sp³-hybridized carbons (Fsp3) is 0.500. The van der Waals surface area contributed by atoms with Crippen LogP contribution in [0.15, 0.2) is 18.2 Å². The number of hydrogen-bond donors (Lipinski definition) is 0. The summed E-state index contributed by atoms with van der Waals surface area (Å²) in [6, 6.07) is 6.65. The van der Waals surface area contributed by atoms with Gasteiger partial charge in [0.05, 0.1) is 0 Å². The molecule has 1 aromatic rings. The molecule has 1 aliphatic carbocycles. The van der Waals surface area contributed by atoms with Gasteiger partial charge in [0.1, 0.15) is 0 Å². The van der Waals surface area contributed by atoms with Gasteiger partial charge in [-0.2, -0.15) is 0 Å². The SMILES string of the molecule is CCc1ccc2c(c1)N(C(C)=O)CC21CC1. The van der Waals surface area contributed by atoms with Gasteiger partial charge in [-0.15, -0.1) is 0 Å². The quantitative estimate of drug-likeness (QED) is 0.705. The van der Waals surface area contributed by atoms with Gasteiger partial charge < -0.3 is 4.90 Å². The molecule has 1 amide bonds. The number of fused-ring (bicyclic) bond motifs is 2. The number of aryl methyl sites for hydroxylation is 1. The summed E-state index contributed by atoms with van der Waals surface area (Å²) in [6.07, 6.45) is 3.52. The van der Waals surface area contributed by atoms with E-state index in [9.17, 15) is 4.79 Å². The maximum absolute atomic E-state index is 11.6. The van der Waals surface area contributed by atoms with Crippen molar-refractivity contribution < 1.29 is 4.79 Å². The Morgan fingerprint density at radius 1 is 1.44 bits per heavy atom. The minimum atomic E-state index is 0.179. The summed E-state index contributed by atoms with van der Waals surface area (Å²) in [5, 5.41) is 0. The fourth-order valence-corrected chi connectivity index (χ4v) is 2.80. The highest BCUT2D eigenvalue weighted by Crippen LogP contribution is 2.56. The second-order valence-corrected chi connectivity index (χ2v) is 5.09. The minimum absolute atomic E-state index is 0.179. The lowest BCUT2D eigenvalue weighted by molar-refractivity contribution is -0.116. The first kappa shape index (κ1) is 9.88. The van der Waals surface area contributed by atoms with Crippen LogP contribution >= 0.6 is 0 Å². The van der Waals surface area contributed by atoms with Crippen LogP contribution in [0.25, 0.3) is 0 Å². The van der Waals surface area contributed by atoms with Crippen LogP contribution in [0.3, 0.4) is 0 Å². The fourth-order valence-electron chi connectivity index (χ4n) is 2.80. The zero-order valence-corrected chi connectivity index (χ0v) is 9.92. The molecule has 0 unspecified atom stereocenters. The first-order valence-electron chi connectivity index (χ1n) is 6.08. The molecule has 2 nitrogen and oxygen atoms in total. The summed E-state index contributed by atoms with van der Waals surface area (Å²) < 4.78 is 0. The maximum Gasteiger partial charge on any atom is 0.223 e. The van der Waals surface area contributed by atoms with Gasteiger partial charge in [0.25, 0.3) is 0 Å². The standard InChI is InChI=1S/C14H17NO/c1-3-11-4-5-12-13(8-11)15(10(2)16)9-14(12)6-7-14/h4-5,8H,3,6-7,9H2,1-2H3. The Morgan fingerprint density at radius 2 is 2.19 bits per heavy atom. The molecule has 2 heteroatoms. The smallest absolute Gasteiger partial charge is 0.223 e. The second kappa shape index (κ2) is 3.09. The summed E-state index contributed by atoms with van der Waals surface area (Å²) in [6.45, 7) is 4.73. The van der Waals surface area contributed by atoms with E-state index in [-0.39, 0.29) is 5.91 Å². The third kappa shape index (κ3) is 1.22. The normalized spacial score (nSPS) is 20.0. The lowest BCUT2D eigenvalue weighted by atomic mass is 9.97. The summed E-state index contributed by atoms with van der Waals surface area (Å²) in [5.74, 6) is 0.179. The Morgan fingerprint density at radius 3 is 2.75 bits per heavy atom. The van der Waals surface area contributed by atoms with Crippen molar-refractivity contribution in [3.05, 3.63) is 29.3 Å². The first-order chi connectivity index (χ1) is 7.66. The van der Waals surface area contributed by atoms with Gasteiger partial charge in [-0.3, -0.25) is 4.79 Å². The molecule has 1 aromatic carbocycles. The van der Waals surface area contributed by atoms with E-state index >= 15 is 0 Å². The highest BCUT2D eigenvalue weighted by Gasteiger charge is 2.52. The van der Waals surface area contributed by atoms with Gasteiger partial charge in [-0.1, -0.05) is 19.1 Å². The lowest BCUT2D eigenvalue weighted by Gasteiger charge is -2.15. The molecule has 0 bridgehead atoms. The number of nitrogens with zero attached hydrogens (tertiary/aromatic N) is 1. The number of rotatable bonds is 1. The van der Waals surface area contributed by atoms with Crippen LogP contribution in [-0.2, 0) is 16.6 Å². The largest absolute Gasteiger partial charge is 0.311 e. The number of carbonyl (C=O) groups is 1. The average Bonchev–Trinajstić information content (AvgIpc) is 2.97. The summed E-state index contributed by atoms with van der Waals surface area (Å²) in [5.41, 5.74) is 4.22. The zero-order chi connectivity index (χ0) is 11.3. The highest BCUT2D eigenvalue weighted by molar-refractivity contribution is 5.95. The van der Waals surface area contributed by atoms with E-state index in [1.807, 2.05) is 4.90 Å². The topological polar surface area (TPSA) is 20.3 Å². The molecule has 16 heavy (non-hydrogen) atoms. The van der Waals surface area contributed by atoms with Crippen molar-refractivity contribution in [1.29, 1.82) is 0 Å². The van der Waals surface area contributed by atoms with E-state index in [1.165, 1.54) is 29.7 Å². The van der Waals surface area contributed by atoms with E-state index in [0.29, 0.717) is 5.41 Å². The Bertz CT molecular complexity index is 460. The highest BCUT2D eigenvalue weighted by atomic mass is 16.2. The first-order valence-corrected chi connectivity index (χ1v) is 6.08. The van der Waals surface area contributed by atoms with Crippen molar-refractivity contribution >= 4 is 11.6 Å². The van der Waals surface area contributed by atoms with Crippen LogP contribution in [0.1, 0.15) is 37.8 Å². The number of amides is 1. The summed E-state index contributed by atoms with van der Waals surface area (Å²) in [4.78, 5) is 13.6. The predicted molar refractivity (Wildman–Crippen MR) is 64.8 cm³/mol. The molecule has 1 fully saturated rings. The van der Waals surface area contributed by atoms with Crippen molar-refractivity contribution in [2.45, 2.75) is 38.5 Å². The summed E-state index contributed by atoms with van der Waals surface area (Å²) >= 11 is 0. The Hall–Kier alpha value is -1.31. The van der Waals surface area contributed by atoms with Crippen LogP contribution in [0.4, 0.5) is 5.69 Å². The summed E-state index contributed by atoms with van der Waals surface area (Å²) in [7, 11) is 0. The van der Waals surface area contributed by atoms with Gasteiger partial charge in [-0.25, -0.2) is 0 Å². The van der Waals surface area contributed by atoms with Crippen molar-refractivity contribution in [2.75, 3.05) is 11.4 Å². The Balaban J connectivity index is 2.11. The molecule has 0 saturated heterocycles. The minimum Gasteiger partial charge on any atom is -0.311 e. The molecular weight excluding hydrogens is 198 g/mol. The van der Waals surface area contributed by atoms with Crippen LogP contribution in [0.5, 0.6) is 0 Å². The van der Waals surface area contributed by atoms with Crippen molar-refractivity contribution in [2.24, 2.45) is 0 Å². The van der Waals surface area contributed by atoms with E-state index in [1.54, 1.807) is 6.92 Å². The monoisotopic (exact) mass is 215 g/mol. The molecule has 3 rings (SSSR count). The van der Waals surface area contributed by atoms with E-state index in [2.05, 4.69) is 25.1 Å². The molecule has 1 saturated carbocycles. The van der Waals surface area contributed by atoms with E-state index < -0.39 is 0 Å². The van der Waals surface area contributed by atoms with Crippen LogP contribution < -0.4 is 4.90 Å². The molecule has 1 heterocycles. The number of hydrogen-bond acceptors (Lipinski definition) is 1. The second-order valence-electron chi connectivity index (χ2n) is 5.09. The van der Waals surface area contributed by atoms with Crippen LogP contribution in [0.2, 0.25) is 0 Å². The Kier molecular flexibility index (Phi) is 1.91. The average molecular weight is 215 g/mol. The Labute approximate surface area is 96.3 Å². The molecule has 1 spiro atoms. The van der Waals surface area contributed by atoms with Crippen molar-refractivity contribution in [3.8, 4) is 0 Å². The molecule has 0 atom stereocenters. The molecule has 0 aromatic heterocycles. The van der Waals surface area contributed by atoms with Crippen LogP contribution in [0, 0.1) is 0 Å². The molecule has 2 aliphatic rings. The molecule has 0 N–H and O–H groups in total. The van der Waals surface area contributed by atoms with Gasteiger partial charge in [-0.05, 0) is 36.5 Å². The van der Waals surface area contributed by atoms with Gasteiger partial charge >= 0.3 is 0 Å². The van der Waals surface area contributed by atoms with E-state index in [0.717, 1.165) is 13.0 Å². The lowest BCUT2D eigenvalue weighted by Crippen LogP contribution is -2.28.